The molecule has 0 unspecified atom stereocenters. The van der Waals surface area contributed by atoms with Crippen LogP contribution in [0.25, 0.3) is 11.5 Å². The lowest BCUT2D eigenvalue weighted by Crippen LogP contribution is -2.33. The molecule has 1 aromatic heterocycles. The maximum absolute atomic E-state index is 11.4. The summed E-state index contributed by atoms with van der Waals surface area (Å²) in [4.78, 5) is 16.0. The third kappa shape index (κ3) is 6.07. The minimum Gasteiger partial charge on any atom is -0.493 e. The number of ether oxygens (including phenoxy) is 2. The lowest BCUT2D eigenvalue weighted by molar-refractivity contribution is -0.142. The maximum Gasteiger partial charge on any atom is 0.322 e. The first-order valence-electron chi connectivity index (χ1n) is 9.13. The second kappa shape index (κ2) is 10.6. The molecule has 154 valence electrons. The third-order valence-electron chi connectivity index (χ3n) is 4.40. The van der Waals surface area contributed by atoms with Crippen LogP contribution >= 0.6 is 12.4 Å². The fraction of sp³-hybridized carbons (Fsp3) is 0.273. The lowest BCUT2D eigenvalue weighted by atomic mass is 10.1. The van der Waals surface area contributed by atoms with Crippen LogP contribution in [0.2, 0.25) is 0 Å². The molecule has 0 bridgehead atoms. The molecule has 0 aliphatic rings. The van der Waals surface area contributed by atoms with Crippen molar-refractivity contribution >= 4 is 18.4 Å². The average molecular weight is 417 g/mol. The summed E-state index contributed by atoms with van der Waals surface area (Å²) in [5, 5.41) is 0. The minimum absolute atomic E-state index is 0. The number of benzene rings is 2. The lowest BCUT2D eigenvalue weighted by Gasteiger charge is -2.10. The minimum atomic E-state index is -0.661. The van der Waals surface area contributed by atoms with E-state index in [4.69, 9.17) is 14.9 Å². The zero-order valence-corrected chi connectivity index (χ0v) is 17.3. The van der Waals surface area contributed by atoms with E-state index in [0.717, 1.165) is 28.3 Å². The van der Waals surface area contributed by atoms with Crippen LogP contribution in [0.1, 0.15) is 17.0 Å². The van der Waals surface area contributed by atoms with Gasteiger partial charge in [-0.2, -0.15) is 0 Å². The Kier molecular flexibility index (Phi) is 8.24. The molecule has 29 heavy (non-hydrogen) atoms. The van der Waals surface area contributed by atoms with E-state index in [-0.39, 0.29) is 12.4 Å². The number of nitrogens with zero attached hydrogens (tertiary/aromatic N) is 1. The molecule has 0 aliphatic heterocycles. The molecule has 3 aromatic rings. The summed E-state index contributed by atoms with van der Waals surface area (Å²) in [6.07, 6.45) is 1.07. The van der Waals surface area contributed by atoms with Crippen LogP contribution in [0.4, 0.5) is 0 Å². The molecule has 0 amide bonds. The van der Waals surface area contributed by atoms with Gasteiger partial charge < -0.3 is 19.6 Å². The molecule has 2 N–H and O–H groups in total. The Labute approximate surface area is 176 Å². The molecule has 2 aromatic carbocycles. The monoisotopic (exact) mass is 416 g/mol. The highest BCUT2D eigenvalue weighted by Gasteiger charge is 2.14. The number of esters is 1. The molecule has 3 rings (SSSR count). The van der Waals surface area contributed by atoms with Crippen molar-refractivity contribution in [2.24, 2.45) is 5.73 Å². The van der Waals surface area contributed by atoms with Crippen molar-refractivity contribution in [3.05, 3.63) is 71.6 Å². The molecule has 0 fully saturated rings. The Hall–Kier alpha value is -2.83. The van der Waals surface area contributed by atoms with Crippen LogP contribution < -0.4 is 10.5 Å². The van der Waals surface area contributed by atoms with Crippen molar-refractivity contribution in [3.8, 4) is 17.2 Å². The van der Waals surface area contributed by atoms with Gasteiger partial charge in [0.1, 0.15) is 17.6 Å². The van der Waals surface area contributed by atoms with Gasteiger partial charge in [-0.1, -0.05) is 30.3 Å². The summed E-state index contributed by atoms with van der Waals surface area (Å²) in [6.45, 7) is 2.40. The van der Waals surface area contributed by atoms with Gasteiger partial charge in [0, 0.05) is 12.0 Å². The number of halogens is 1. The molecular formula is C22H25ClN2O4. The Balaban J connectivity index is 0.00000300. The van der Waals surface area contributed by atoms with E-state index < -0.39 is 12.0 Å². The third-order valence-corrected chi connectivity index (χ3v) is 4.40. The smallest absolute Gasteiger partial charge is 0.322 e. The van der Waals surface area contributed by atoms with Gasteiger partial charge in [0.2, 0.25) is 5.89 Å². The molecule has 0 aliphatic carbocycles. The Morgan fingerprint density at radius 3 is 2.48 bits per heavy atom. The Bertz CT molecular complexity index is 910. The summed E-state index contributed by atoms with van der Waals surface area (Å²) < 4.78 is 16.2. The van der Waals surface area contributed by atoms with Crippen molar-refractivity contribution in [1.82, 2.24) is 4.98 Å². The molecule has 1 atom stereocenters. The number of hydrogen-bond donors (Lipinski definition) is 1. The zero-order chi connectivity index (χ0) is 19.9. The van der Waals surface area contributed by atoms with Gasteiger partial charge in [0.25, 0.3) is 0 Å². The molecule has 0 spiro atoms. The second-order valence-corrected chi connectivity index (χ2v) is 6.46. The Morgan fingerprint density at radius 2 is 1.83 bits per heavy atom. The van der Waals surface area contributed by atoms with Gasteiger partial charge in [-0.3, -0.25) is 4.79 Å². The van der Waals surface area contributed by atoms with Crippen molar-refractivity contribution < 1.29 is 18.7 Å². The summed E-state index contributed by atoms with van der Waals surface area (Å²) in [5.41, 5.74) is 8.57. The van der Waals surface area contributed by atoms with E-state index in [2.05, 4.69) is 9.72 Å². The topological polar surface area (TPSA) is 87.6 Å². The average Bonchev–Trinajstić information content (AvgIpc) is 3.10. The largest absolute Gasteiger partial charge is 0.493 e. The van der Waals surface area contributed by atoms with Crippen LogP contribution in [0.15, 0.2) is 59.0 Å². The van der Waals surface area contributed by atoms with Gasteiger partial charge in [-0.05, 0) is 43.2 Å². The molecule has 0 radical (unpaired) electrons. The summed E-state index contributed by atoms with van der Waals surface area (Å²) in [5.74, 6) is 1.76. The summed E-state index contributed by atoms with van der Waals surface area (Å²) >= 11 is 0. The first-order chi connectivity index (χ1) is 13.6. The van der Waals surface area contributed by atoms with E-state index >= 15 is 0 Å². The standard InChI is InChI=1S/C22H24N2O4.ClH/c1-15-20(24-21(28-15)17-6-4-3-5-7-17)12-13-27-18-10-8-16(9-11-18)14-19(23)22(25)26-2;/h3-11,19H,12-14,23H2,1-2H3;1H/t19-;/m0./s1. The fourth-order valence-corrected chi connectivity index (χ4v) is 2.84. The van der Waals surface area contributed by atoms with E-state index in [1.165, 1.54) is 7.11 Å². The number of oxazole rings is 1. The quantitative estimate of drug-likeness (QED) is 0.563. The summed E-state index contributed by atoms with van der Waals surface area (Å²) in [6, 6.07) is 16.7. The highest BCUT2D eigenvalue weighted by atomic mass is 35.5. The van der Waals surface area contributed by atoms with Crippen LogP contribution in [-0.4, -0.2) is 30.7 Å². The highest BCUT2D eigenvalue weighted by Crippen LogP contribution is 2.22. The van der Waals surface area contributed by atoms with E-state index in [1.807, 2.05) is 61.5 Å². The number of nitrogens with two attached hydrogens (primary N) is 1. The second-order valence-electron chi connectivity index (χ2n) is 6.46. The van der Waals surface area contributed by atoms with Gasteiger partial charge in [-0.15, -0.1) is 12.4 Å². The molecule has 0 saturated carbocycles. The predicted octanol–water partition coefficient (Wildman–Crippen LogP) is 3.74. The van der Waals surface area contributed by atoms with Crippen molar-refractivity contribution in [2.75, 3.05) is 13.7 Å². The number of carbonyl (C=O) groups excluding carboxylic acids is 1. The number of aromatic nitrogens is 1. The fourth-order valence-electron chi connectivity index (χ4n) is 2.84. The number of carbonyl (C=O) groups is 1. The molecular weight excluding hydrogens is 392 g/mol. The predicted molar refractivity (Wildman–Crippen MR) is 113 cm³/mol. The maximum atomic E-state index is 11.4. The Morgan fingerprint density at radius 1 is 1.14 bits per heavy atom. The molecule has 0 saturated heterocycles. The van der Waals surface area contributed by atoms with Crippen LogP contribution in [0.5, 0.6) is 5.75 Å². The first kappa shape index (κ1) is 22.5. The number of rotatable bonds is 8. The normalized spacial score (nSPS) is 11.4. The molecule has 1 heterocycles. The van der Waals surface area contributed by atoms with Crippen molar-refractivity contribution in [3.63, 3.8) is 0 Å². The van der Waals surface area contributed by atoms with Crippen LogP contribution in [-0.2, 0) is 22.4 Å². The van der Waals surface area contributed by atoms with Gasteiger partial charge in [-0.25, -0.2) is 4.98 Å². The SMILES string of the molecule is COC(=O)[C@@H](N)Cc1ccc(OCCc2nc(-c3ccccc3)oc2C)cc1.Cl. The van der Waals surface area contributed by atoms with E-state index in [0.29, 0.717) is 25.3 Å². The number of methoxy groups -OCH3 is 1. The molecule has 7 heteroatoms. The molecule has 6 nitrogen and oxygen atoms in total. The number of hydrogen-bond acceptors (Lipinski definition) is 6. The highest BCUT2D eigenvalue weighted by molar-refractivity contribution is 5.85. The van der Waals surface area contributed by atoms with E-state index in [1.54, 1.807) is 0 Å². The van der Waals surface area contributed by atoms with Crippen molar-refractivity contribution in [2.45, 2.75) is 25.8 Å². The van der Waals surface area contributed by atoms with Gasteiger partial charge >= 0.3 is 5.97 Å². The van der Waals surface area contributed by atoms with Crippen molar-refractivity contribution in [1.29, 1.82) is 0 Å². The summed E-state index contributed by atoms with van der Waals surface area (Å²) in [7, 11) is 1.33. The van der Waals surface area contributed by atoms with Crippen LogP contribution in [0, 0.1) is 6.92 Å². The van der Waals surface area contributed by atoms with Crippen LogP contribution in [0.3, 0.4) is 0 Å². The zero-order valence-electron chi connectivity index (χ0n) is 16.5. The van der Waals surface area contributed by atoms with Gasteiger partial charge in [0.15, 0.2) is 0 Å². The van der Waals surface area contributed by atoms with Gasteiger partial charge in [0.05, 0.1) is 19.4 Å². The first-order valence-corrected chi connectivity index (χ1v) is 9.13. The number of aryl methyl sites for hydroxylation is 1. The van der Waals surface area contributed by atoms with E-state index in [9.17, 15) is 4.79 Å².